The molecule has 0 atom stereocenters. The standard InChI is InChI=1S/C15H19N5O3/c21-14(11-20-15(22)2-1-5-16-20)18-13-8-17-19(10-13)9-12-3-6-23-7-4-12/h1-2,5,8,10,12H,3-4,6-7,9,11H2,(H,18,21). The van der Waals surface area contributed by atoms with E-state index in [-0.39, 0.29) is 18.0 Å². The number of aromatic nitrogens is 4. The van der Waals surface area contributed by atoms with Crippen molar-refractivity contribution in [1.82, 2.24) is 19.6 Å². The molecular formula is C15H19N5O3. The van der Waals surface area contributed by atoms with Crippen molar-refractivity contribution in [2.75, 3.05) is 18.5 Å². The number of ether oxygens (including phenoxy) is 1. The smallest absolute Gasteiger partial charge is 0.267 e. The van der Waals surface area contributed by atoms with Gasteiger partial charge in [-0.05, 0) is 24.8 Å². The van der Waals surface area contributed by atoms with Crippen LogP contribution < -0.4 is 10.9 Å². The molecule has 23 heavy (non-hydrogen) atoms. The molecule has 0 unspecified atom stereocenters. The van der Waals surface area contributed by atoms with Crippen LogP contribution in [0.4, 0.5) is 5.69 Å². The monoisotopic (exact) mass is 317 g/mol. The molecule has 0 radical (unpaired) electrons. The Labute approximate surface area is 133 Å². The highest BCUT2D eigenvalue weighted by Gasteiger charge is 2.15. The van der Waals surface area contributed by atoms with Crippen LogP contribution >= 0.6 is 0 Å². The number of nitrogens with zero attached hydrogens (tertiary/aromatic N) is 4. The molecule has 0 bridgehead atoms. The highest BCUT2D eigenvalue weighted by Crippen LogP contribution is 2.17. The number of hydrogen-bond acceptors (Lipinski definition) is 5. The van der Waals surface area contributed by atoms with Crippen molar-refractivity contribution >= 4 is 11.6 Å². The van der Waals surface area contributed by atoms with E-state index < -0.39 is 0 Å². The highest BCUT2D eigenvalue weighted by molar-refractivity contribution is 5.90. The number of carbonyl (C=O) groups is 1. The number of nitrogens with one attached hydrogen (secondary N) is 1. The predicted octanol–water partition coefficient (Wildman–Crippen LogP) is 0.505. The van der Waals surface area contributed by atoms with Crippen LogP contribution in [0.5, 0.6) is 0 Å². The lowest BCUT2D eigenvalue weighted by Gasteiger charge is -2.21. The second-order valence-electron chi connectivity index (χ2n) is 5.57. The van der Waals surface area contributed by atoms with Gasteiger partial charge in [-0.3, -0.25) is 14.3 Å². The van der Waals surface area contributed by atoms with Crippen LogP contribution in [0.25, 0.3) is 0 Å². The summed E-state index contributed by atoms with van der Waals surface area (Å²) in [5, 5.41) is 10.8. The third-order valence-electron chi connectivity index (χ3n) is 3.78. The Morgan fingerprint density at radius 2 is 2.17 bits per heavy atom. The molecule has 0 aliphatic carbocycles. The first-order valence-corrected chi connectivity index (χ1v) is 7.63. The van der Waals surface area contributed by atoms with Crippen molar-refractivity contribution in [2.24, 2.45) is 5.92 Å². The van der Waals surface area contributed by atoms with Crippen LogP contribution in [-0.4, -0.2) is 38.7 Å². The number of amides is 1. The van der Waals surface area contributed by atoms with E-state index in [4.69, 9.17) is 4.74 Å². The maximum Gasteiger partial charge on any atom is 0.267 e. The van der Waals surface area contributed by atoms with Crippen LogP contribution in [0.3, 0.4) is 0 Å². The van der Waals surface area contributed by atoms with Crippen molar-refractivity contribution in [3.63, 3.8) is 0 Å². The van der Waals surface area contributed by atoms with Gasteiger partial charge in [0.2, 0.25) is 5.91 Å². The van der Waals surface area contributed by atoms with Gasteiger partial charge in [-0.1, -0.05) is 0 Å². The van der Waals surface area contributed by atoms with E-state index >= 15 is 0 Å². The molecule has 2 aromatic rings. The normalized spacial score (nSPS) is 15.5. The van der Waals surface area contributed by atoms with E-state index in [9.17, 15) is 9.59 Å². The largest absolute Gasteiger partial charge is 0.381 e. The van der Waals surface area contributed by atoms with E-state index in [2.05, 4.69) is 15.5 Å². The summed E-state index contributed by atoms with van der Waals surface area (Å²) in [4.78, 5) is 23.5. The second-order valence-corrected chi connectivity index (χ2v) is 5.57. The molecule has 0 saturated carbocycles. The van der Waals surface area contributed by atoms with E-state index in [1.165, 1.54) is 18.3 Å². The number of carbonyl (C=O) groups excluding carboxylic acids is 1. The van der Waals surface area contributed by atoms with E-state index in [1.54, 1.807) is 12.4 Å². The van der Waals surface area contributed by atoms with Gasteiger partial charge in [0.15, 0.2) is 0 Å². The molecular weight excluding hydrogens is 298 g/mol. The Balaban J connectivity index is 1.55. The summed E-state index contributed by atoms with van der Waals surface area (Å²) in [7, 11) is 0. The minimum absolute atomic E-state index is 0.120. The van der Waals surface area contributed by atoms with Crippen LogP contribution in [-0.2, 0) is 22.6 Å². The van der Waals surface area contributed by atoms with Gasteiger partial charge in [-0.2, -0.15) is 10.2 Å². The zero-order valence-electron chi connectivity index (χ0n) is 12.7. The summed E-state index contributed by atoms with van der Waals surface area (Å²) in [5.74, 6) is 0.246. The fourth-order valence-electron chi connectivity index (χ4n) is 2.56. The predicted molar refractivity (Wildman–Crippen MR) is 82.9 cm³/mol. The maximum absolute atomic E-state index is 12.0. The lowest BCUT2D eigenvalue weighted by molar-refractivity contribution is -0.117. The van der Waals surface area contributed by atoms with E-state index in [0.29, 0.717) is 11.6 Å². The van der Waals surface area contributed by atoms with Gasteiger partial charge in [-0.25, -0.2) is 4.68 Å². The molecule has 3 heterocycles. The minimum atomic E-state index is -0.309. The quantitative estimate of drug-likeness (QED) is 0.867. The summed E-state index contributed by atoms with van der Waals surface area (Å²) in [6, 6.07) is 2.91. The summed E-state index contributed by atoms with van der Waals surface area (Å²) in [6.07, 6.45) is 6.95. The van der Waals surface area contributed by atoms with Crippen LogP contribution in [0.2, 0.25) is 0 Å². The van der Waals surface area contributed by atoms with E-state index in [1.807, 2.05) is 4.68 Å². The molecule has 1 fully saturated rings. The van der Waals surface area contributed by atoms with Crippen molar-refractivity contribution in [3.8, 4) is 0 Å². The molecule has 1 aliphatic heterocycles. The maximum atomic E-state index is 12.0. The second kappa shape index (κ2) is 7.19. The highest BCUT2D eigenvalue weighted by atomic mass is 16.5. The number of rotatable bonds is 5. The van der Waals surface area contributed by atoms with Crippen LogP contribution in [0.15, 0.2) is 35.5 Å². The van der Waals surface area contributed by atoms with Crippen molar-refractivity contribution in [1.29, 1.82) is 0 Å². The molecule has 0 spiro atoms. The first kappa shape index (κ1) is 15.4. The zero-order valence-corrected chi connectivity index (χ0v) is 12.7. The SMILES string of the molecule is O=C(Cn1ncccc1=O)Nc1cnn(CC2CCOCC2)c1. The fraction of sp³-hybridized carbons (Fsp3) is 0.467. The van der Waals surface area contributed by atoms with Gasteiger partial charge in [0, 0.05) is 38.2 Å². The molecule has 1 aliphatic rings. The molecule has 1 saturated heterocycles. The number of hydrogen-bond donors (Lipinski definition) is 1. The lowest BCUT2D eigenvalue weighted by atomic mass is 10.0. The molecule has 1 N–H and O–H groups in total. The molecule has 2 aromatic heterocycles. The lowest BCUT2D eigenvalue weighted by Crippen LogP contribution is -2.28. The Hall–Kier alpha value is -2.48. The van der Waals surface area contributed by atoms with Crippen LogP contribution in [0.1, 0.15) is 12.8 Å². The van der Waals surface area contributed by atoms with Crippen LogP contribution in [0, 0.1) is 5.92 Å². The third kappa shape index (κ3) is 4.26. The molecule has 122 valence electrons. The average molecular weight is 317 g/mol. The fourth-order valence-corrected chi connectivity index (χ4v) is 2.56. The summed E-state index contributed by atoms with van der Waals surface area (Å²) >= 11 is 0. The van der Waals surface area contributed by atoms with Crippen molar-refractivity contribution < 1.29 is 9.53 Å². The van der Waals surface area contributed by atoms with Gasteiger partial charge in [-0.15, -0.1) is 0 Å². The summed E-state index contributed by atoms with van der Waals surface area (Å²) in [6.45, 7) is 2.30. The van der Waals surface area contributed by atoms with Gasteiger partial charge < -0.3 is 10.1 Å². The molecule has 8 nitrogen and oxygen atoms in total. The molecule has 8 heteroatoms. The summed E-state index contributed by atoms with van der Waals surface area (Å²) in [5.41, 5.74) is 0.309. The first-order chi connectivity index (χ1) is 11.2. The Morgan fingerprint density at radius 3 is 2.96 bits per heavy atom. The Morgan fingerprint density at radius 1 is 1.35 bits per heavy atom. The zero-order chi connectivity index (χ0) is 16.1. The summed E-state index contributed by atoms with van der Waals surface area (Å²) < 4.78 is 8.29. The number of anilines is 1. The molecule has 3 rings (SSSR count). The topological polar surface area (TPSA) is 91.0 Å². The minimum Gasteiger partial charge on any atom is -0.381 e. The average Bonchev–Trinajstić information content (AvgIpc) is 2.97. The molecule has 0 aromatic carbocycles. The Bertz CT molecular complexity index is 718. The third-order valence-corrected chi connectivity index (χ3v) is 3.78. The Kier molecular flexibility index (Phi) is 4.82. The van der Waals surface area contributed by atoms with Crippen molar-refractivity contribution in [3.05, 3.63) is 41.1 Å². The van der Waals surface area contributed by atoms with Gasteiger partial charge in [0.1, 0.15) is 6.54 Å². The van der Waals surface area contributed by atoms with Crippen molar-refractivity contribution in [2.45, 2.75) is 25.9 Å². The van der Waals surface area contributed by atoms with E-state index in [0.717, 1.165) is 37.3 Å². The first-order valence-electron chi connectivity index (χ1n) is 7.63. The van der Waals surface area contributed by atoms with Gasteiger partial charge in [0.05, 0.1) is 11.9 Å². The van der Waals surface area contributed by atoms with Gasteiger partial charge in [0.25, 0.3) is 5.56 Å². The molecule has 1 amide bonds. The van der Waals surface area contributed by atoms with Gasteiger partial charge >= 0.3 is 0 Å².